The van der Waals surface area contributed by atoms with Gasteiger partial charge in [0.15, 0.2) is 28.5 Å². The molecule has 1 spiro atoms. The van der Waals surface area contributed by atoms with E-state index in [9.17, 15) is 20.3 Å². The van der Waals surface area contributed by atoms with Crippen molar-refractivity contribution in [3.63, 3.8) is 0 Å². The summed E-state index contributed by atoms with van der Waals surface area (Å²) in [6.07, 6.45) is 1.22. The van der Waals surface area contributed by atoms with Gasteiger partial charge in [-0.05, 0) is 97.2 Å². The maximum absolute atomic E-state index is 14.6. The van der Waals surface area contributed by atoms with Gasteiger partial charge in [0.1, 0.15) is 18.4 Å². The summed E-state index contributed by atoms with van der Waals surface area (Å²) in [5.41, 5.74) is 7.97. The Balaban J connectivity index is 1.30. The van der Waals surface area contributed by atoms with Crippen molar-refractivity contribution in [3.05, 3.63) is 73.8 Å². The molecule has 12 heteroatoms. The summed E-state index contributed by atoms with van der Waals surface area (Å²) in [6, 6.07) is 6.40. The van der Waals surface area contributed by atoms with E-state index in [2.05, 4.69) is 41.5 Å². The minimum atomic E-state index is -1.16. The lowest BCUT2D eigenvalue weighted by atomic mass is 9.72. The molecule has 7 aliphatic heterocycles. The molecular formula is C38H40N4O7S. The zero-order valence-electron chi connectivity index (χ0n) is 28.7. The number of methoxy groups -OCH3 is 1. The number of piperazine rings is 1. The molecule has 0 saturated carbocycles. The molecule has 2 saturated heterocycles. The first-order valence-corrected chi connectivity index (χ1v) is 18.3. The number of fused-ring (bicyclic) bond motifs is 9. The molecule has 50 heavy (non-hydrogen) atoms. The Morgan fingerprint density at radius 2 is 1.82 bits per heavy atom. The van der Waals surface area contributed by atoms with E-state index in [-0.39, 0.29) is 54.2 Å². The molecule has 7 atom stereocenters. The summed E-state index contributed by atoms with van der Waals surface area (Å²) in [7, 11) is 1.57. The molecule has 3 aromatic rings. The van der Waals surface area contributed by atoms with Gasteiger partial charge < -0.3 is 34.5 Å². The molecule has 10 rings (SSSR count). The lowest BCUT2D eigenvalue weighted by Gasteiger charge is -2.59. The molecule has 260 valence electrons. The van der Waals surface area contributed by atoms with Crippen molar-refractivity contribution < 1.29 is 34.0 Å². The van der Waals surface area contributed by atoms with Gasteiger partial charge in [0.2, 0.25) is 6.79 Å². The number of nitriles is 1. The van der Waals surface area contributed by atoms with Crippen LogP contribution in [0.4, 0.5) is 0 Å². The third kappa shape index (κ3) is 4.12. The standard InChI is InChI=1S/C38H40N4O7S/c1-16-9-22-20(11-26(16)43)6-7-40-38(22)14-50-36-27-18(3)19(4)34-35(49-15-48-34)29(27)25(13-47-37(38)45)42-24(12-39)23-10-21-8-17(2)33(46-5)32(44)28(21)30(41-23)31(36)42/h8-9,11,23-25,30-31,36,40-41,43-44H,6-7,10,13-15H2,1-5H3/t23-,24-,25-,30+,31?,36+,38+/m0/s1. The average Bonchev–Trinajstić information content (AvgIpc) is 3.59. The van der Waals surface area contributed by atoms with Crippen LogP contribution in [0.15, 0.2) is 18.2 Å². The minimum absolute atomic E-state index is 0.0124. The van der Waals surface area contributed by atoms with Gasteiger partial charge in [-0.15, -0.1) is 11.8 Å². The van der Waals surface area contributed by atoms with Crippen LogP contribution in [0, 0.1) is 39.0 Å². The molecule has 7 aliphatic rings. The maximum atomic E-state index is 14.6. The van der Waals surface area contributed by atoms with Gasteiger partial charge in [0.05, 0.1) is 25.3 Å². The fourth-order valence-corrected chi connectivity index (χ4v) is 11.5. The number of rotatable bonds is 1. The Labute approximate surface area is 294 Å². The third-order valence-corrected chi connectivity index (χ3v) is 13.6. The summed E-state index contributed by atoms with van der Waals surface area (Å²) >= 11 is 1.66. The lowest BCUT2D eigenvalue weighted by molar-refractivity contribution is -0.155. The van der Waals surface area contributed by atoms with Crippen LogP contribution in [0.5, 0.6) is 28.7 Å². The first kappa shape index (κ1) is 31.8. The number of nitrogens with zero attached hydrogens (tertiary/aromatic N) is 2. The van der Waals surface area contributed by atoms with E-state index >= 15 is 0 Å². The molecule has 2 fully saturated rings. The summed E-state index contributed by atoms with van der Waals surface area (Å²) in [5.74, 6) is 2.06. The molecular weight excluding hydrogens is 657 g/mol. The van der Waals surface area contributed by atoms with Crippen LogP contribution in [0.3, 0.4) is 0 Å². The van der Waals surface area contributed by atoms with Gasteiger partial charge in [-0.3, -0.25) is 10.2 Å². The highest BCUT2D eigenvalue weighted by atomic mass is 32.2. The molecule has 4 bridgehead atoms. The Morgan fingerprint density at radius 1 is 1.02 bits per heavy atom. The summed E-state index contributed by atoms with van der Waals surface area (Å²) in [5, 5.41) is 40.5. The number of carbonyl (C=O) groups is 1. The average molecular weight is 697 g/mol. The molecule has 0 aromatic heterocycles. The smallest absolute Gasteiger partial charge is 0.331 e. The highest BCUT2D eigenvalue weighted by Gasteiger charge is 2.59. The van der Waals surface area contributed by atoms with Crippen molar-refractivity contribution in [2.45, 2.75) is 81.5 Å². The van der Waals surface area contributed by atoms with Crippen LogP contribution in [-0.4, -0.2) is 72.0 Å². The van der Waals surface area contributed by atoms with Gasteiger partial charge in [-0.2, -0.15) is 5.26 Å². The van der Waals surface area contributed by atoms with Crippen molar-refractivity contribution >= 4 is 17.7 Å². The van der Waals surface area contributed by atoms with Crippen molar-refractivity contribution in [2.24, 2.45) is 0 Å². The van der Waals surface area contributed by atoms with E-state index in [0.717, 1.165) is 50.1 Å². The molecule has 0 amide bonds. The second kappa shape index (κ2) is 11.2. The van der Waals surface area contributed by atoms with E-state index in [4.69, 9.17) is 18.9 Å². The number of phenolic OH excluding ortho intramolecular Hbond substituents is 2. The van der Waals surface area contributed by atoms with Crippen LogP contribution in [0.1, 0.15) is 73.0 Å². The molecule has 0 aliphatic carbocycles. The molecule has 4 N–H and O–H groups in total. The molecule has 0 radical (unpaired) electrons. The predicted octanol–water partition coefficient (Wildman–Crippen LogP) is 4.33. The van der Waals surface area contributed by atoms with Gasteiger partial charge in [0.25, 0.3) is 0 Å². The SMILES string of the molecule is COc1c(C)cc2c(c1O)[C@H]1N[C@@H](C2)[C@H](C#N)N2C1[C@@H]1SC[C@]3(NCCc4cc(O)c(C)cc43)C(=O)OC[C@H]2c2c3c(c(C)c(C)c21)OCO3. The maximum Gasteiger partial charge on any atom is 0.331 e. The van der Waals surface area contributed by atoms with E-state index in [0.29, 0.717) is 48.0 Å². The number of carbonyl (C=O) groups excluding carboxylic acids is 1. The Kier molecular flexibility index (Phi) is 7.11. The lowest BCUT2D eigenvalue weighted by Crippen LogP contribution is -2.69. The molecule has 1 unspecified atom stereocenters. The predicted molar refractivity (Wildman–Crippen MR) is 185 cm³/mol. The number of aromatic hydroxyl groups is 2. The number of hydrogen-bond donors (Lipinski definition) is 4. The first-order valence-electron chi connectivity index (χ1n) is 17.2. The molecule has 11 nitrogen and oxygen atoms in total. The van der Waals surface area contributed by atoms with Crippen LogP contribution < -0.4 is 24.8 Å². The zero-order chi connectivity index (χ0) is 34.8. The van der Waals surface area contributed by atoms with Gasteiger partial charge in [-0.25, -0.2) is 4.79 Å². The van der Waals surface area contributed by atoms with Gasteiger partial charge in [-0.1, -0.05) is 6.07 Å². The second-order valence-electron chi connectivity index (χ2n) is 14.5. The van der Waals surface area contributed by atoms with Crippen molar-refractivity contribution in [1.82, 2.24) is 15.5 Å². The number of benzene rings is 3. The zero-order valence-corrected chi connectivity index (χ0v) is 29.5. The third-order valence-electron chi connectivity index (χ3n) is 12.1. The van der Waals surface area contributed by atoms with E-state index in [1.807, 2.05) is 19.9 Å². The van der Waals surface area contributed by atoms with E-state index in [1.165, 1.54) is 0 Å². The van der Waals surface area contributed by atoms with Crippen molar-refractivity contribution in [1.29, 1.82) is 5.26 Å². The minimum Gasteiger partial charge on any atom is -0.508 e. The summed E-state index contributed by atoms with van der Waals surface area (Å²) in [4.78, 5) is 16.8. The number of esters is 1. The van der Waals surface area contributed by atoms with Crippen LogP contribution in [-0.2, 0) is 27.9 Å². The Bertz CT molecular complexity index is 2050. The van der Waals surface area contributed by atoms with Crippen LogP contribution in [0.25, 0.3) is 0 Å². The normalized spacial score (nSPS) is 30.4. The number of phenols is 2. The second-order valence-corrected chi connectivity index (χ2v) is 15.6. The van der Waals surface area contributed by atoms with E-state index < -0.39 is 17.6 Å². The van der Waals surface area contributed by atoms with E-state index in [1.54, 1.807) is 24.9 Å². The van der Waals surface area contributed by atoms with Gasteiger partial charge in [0, 0.05) is 40.8 Å². The summed E-state index contributed by atoms with van der Waals surface area (Å²) in [6.45, 7) is 8.56. The molecule has 3 aromatic carbocycles. The topological polar surface area (TPSA) is 146 Å². The monoisotopic (exact) mass is 696 g/mol. The largest absolute Gasteiger partial charge is 0.508 e. The Hall–Kier alpha value is -4.15. The highest BCUT2D eigenvalue weighted by molar-refractivity contribution is 7.99. The van der Waals surface area contributed by atoms with Crippen molar-refractivity contribution in [2.75, 3.05) is 32.8 Å². The Morgan fingerprint density at radius 3 is 2.60 bits per heavy atom. The van der Waals surface area contributed by atoms with Crippen LogP contribution >= 0.6 is 11.8 Å². The fraction of sp³-hybridized carbons (Fsp3) is 0.474. The number of thioether (sulfide) groups is 1. The van der Waals surface area contributed by atoms with Gasteiger partial charge >= 0.3 is 5.97 Å². The quantitative estimate of drug-likeness (QED) is 0.269. The van der Waals surface area contributed by atoms with Crippen molar-refractivity contribution in [3.8, 4) is 34.8 Å². The number of nitrogens with one attached hydrogen (secondary N) is 2. The first-order chi connectivity index (χ1) is 24.1. The highest BCUT2D eigenvalue weighted by Crippen LogP contribution is 2.61. The fourth-order valence-electron chi connectivity index (χ4n) is 9.71. The number of ether oxygens (including phenoxy) is 4. The molecule has 7 heterocycles. The number of hydrogen-bond acceptors (Lipinski definition) is 12. The number of aryl methyl sites for hydroxylation is 2. The van der Waals surface area contributed by atoms with Crippen LogP contribution in [0.2, 0.25) is 0 Å². The summed E-state index contributed by atoms with van der Waals surface area (Å²) < 4.78 is 24.4.